The van der Waals surface area contributed by atoms with Gasteiger partial charge in [0.05, 0.1) is 0 Å². The van der Waals surface area contributed by atoms with Crippen LogP contribution in [0.5, 0.6) is 0 Å². The third-order valence-corrected chi connectivity index (χ3v) is 2.66. The van der Waals surface area contributed by atoms with Crippen molar-refractivity contribution in [1.29, 1.82) is 0 Å². The van der Waals surface area contributed by atoms with Crippen molar-refractivity contribution in [1.82, 2.24) is 10.2 Å². The van der Waals surface area contributed by atoms with Gasteiger partial charge in [-0.3, -0.25) is 0 Å². The first-order valence-corrected chi connectivity index (χ1v) is 5.22. The Balaban J connectivity index is 2.56. The van der Waals surface area contributed by atoms with Crippen LogP contribution < -0.4 is 11.1 Å². The van der Waals surface area contributed by atoms with Crippen LogP contribution >= 0.6 is 11.3 Å². The number of nitrogens with two attached hydrogens (primary N) is 1. The molecule has 1 unspecified atom stereocenters. The van der Waals surface area contributed by atoms with E-state index in [1.54, 1.807) is 11.3 Å². The normalized spacial score (nSPS) is 13.3. The van der Waals surface area contributed by atoms with Crippen molar-refractivity contribution >= 4 is 16.5 Å². The van der Waals surface area contributed by atoms with Gasteiger partial charge >= 0.3 is 0 Å². The SMILES string of the molecule is Cc1nnc(NC(CN)C(C)C)s1. The minimum Gasteiger partial charge on any atom is -0.356 e. The third-order valence-electron chi connectivity index (χ3n) is 1.89. The number of anilines is 1. The smallest absolute Gasteiger partial charge is 0.205 e. The minimum atomic E-state index is 0.285. The van der Waals surface area contributed by atoms with Crippen LogP contribution in [0.4, 0.5) is 5.13 Å². The molecule has 0 aliphatic rings. The van der Waals surface area contributed by atoms with Crippen LogP contribution in [-0.2, 0) is 0 Å². The van der Waals surface area contributed by atoms with Gasteiger partial charge in [-0.05, 0) is 12.8 Å². The maximum atomic E-state index is 5.62. The number of hydrogen-bond acceptors (Lipinski definition) is 5. The summed E-state index contributed by atoms with van der Waals surface area (Å²) in [5.41, 5.74) is 5.62. The lowest BCUT2D eigenvalue weighted by atomic mass is 10.1. The Labute approximate surface area is 82.6 Å². The second-order valence-corrected chi connectivity index (χ2v) is 4.54. The minimum absolute atomic E-state index is 0.285. The summed E-state index contributed by atoms with van der Waals surface area (Å²) in [5.74, 6) is 0.509. The molecule has 0 amide bonds. The van der Waals surface area contributed by atoms with Crippen LogP contribution in [0, 0.1) is 12.8 Å². The van der Waals surface area contributed by atoms with Crippen LogP contribution in [0.25, 0.3) is 0 Å². The predicted octanol–water partition coefficient (Wildman–Crippen LogP) is 1.24. The second kappa shape index (κ2) is 4.53. The molecule has 1 atom stereocenters. The van der Waals surface area contributed by atoms with Gasteiger partial charge in [0, 0.05) is 12.6 Å². The third kappa shape index (κ3) is 2.93. The van der Waals surface area contributed by atoms with Crippen molar-refractivity contribution in [2.24, 2.45) is 11.7 Å². The van der Waals surface area contributed by atoms with Gasteiger partial charge in [-0.25, -0.2) is 0 Å². The molecule has 1 rings (SSSR count). The fourth-order valence-corrected chi connectivity index (χ4v) is 1.66. The Morgan fingerprint density at radius 1 is 1.46 bits per heavy atom. The molecule has 0 aliphatic heterocycles. The number of aryl methyl sites for hydroxylation is 1. The van der Waals surface area contributed by atoms with E-state index in [0.29, 0.717) is 12.5 Å². The Morgan fingerprint density at radius 3 is 2.54 bits per heavy atom. The fourth-order valence-electron chi connectivity index (χ4n) is 1.01. The fraction of sp³-hybridized carbons (Fsp3) is 0.750. The van der Waals surface area contributed by atoms with E-state index < -0.39 is 0 Å². The monoisotopic (exact) mass is 200 g/mol. The van der Waals surface area contributed by atoms with Gasteiger partial charge in [0.25, 0.3) is 0 Å². The Kier molecular flexibility index (Phi) is 3.62. The Hall–Kier alpha value is -0.680. The second-order valence-electron chi connectivity index (χ2n) is 3.36. The summed E-state index contributed by atoms with van der Waals surface area (Å²) in [6.45, 7) is 6.84. The first-order valence-electron chi connectivity index (χ1n) is 4.40. The van der Waals surface area contributed by atoms with Gasteiger partial charge in [0.2, 0.25) is 5.13 Å². The highest BCUT2D eigenvalue weighted by molar-refractivity contribution is 7.15. The lowest BCUT2D eigenvalue weighted by Gasteiger charge is -2.19. The molecule has 13 heavy (non-hydrogen) atoms. The number of aromatic nitrogens is 2. The number of nitrogens with zero attached hydrogens (tertiary/aromatic N) is 2. The molecule has 74 valence electrons. The topological polar surface area (TPSA) is 63.8 Å². The number of rotatable bonds is 4. The van der Waals surface area contributed by atoms with Crippen LogP contribution in [-0.4, -0.2) is 22.8 Å². The highest BCUT2D eigenvalue weighted by Crippen LogP contribution is 2.16. The summed E-state index contributed by atoms with van der Waals surface area (Å²) in [5, 5.41) is 13.0. The highest BCUT2D eigenvalue weighted by Gasteiger charge is 2.12. The van der Waals surface area contributed by atoms with Crippen molar-refractivity contribution in [2.75, 3.05) is 11.9 Å². The molecule has 0 aliphatic carbocycles. The van der Waals surface area contributed by atoms with Gasteiger partial charge in [0.1, 0.15) is 5.01 Å². The van der Waals surface area contributed by atoms with Gasteiger partial charge in [-0.1, -0.05) is 25.2 Å². The van der Waals surface area contributed by atoms with E-state index in [9.17, 15) is 0 Å². The standard InChI is InChI=1S/C8H16N4S/c1-5(2)7(4-9)10-8-12-11-6(3)13-8/h5,7H,4,9H2,1-3H3,(H,10,12). The van der Waals surface area contributed by atoms with E-state index in [0.717, 1.165) is 10.1 Å². The summed E-state index contributed by atoms with van der Waals surface area (Å²) < 4.78 is 0. The summed E-state index contributed by atoms with van der Waals surface area (Å²) in [7, 11) is 0. The van der Waals surface area contributed by atoms with E-state index in [-0.39, 0.29) is 6.04 Å². The van der Waals surface area contributed by atoms with Gasteiger partial charge in [-0.15, -0.1) is 10.2 Å². The predicted molar refractivity (Wildman–Crippen MR) is 55.9 cm³/mol. The summed E-state index contributed by atoms with van der Waals surface area (Å²) in [6, 6.07) is 0.285. The molecule has 4 nitrogen and oxygen atoms in total. The van der Waals surface area contributed by atoms with Crippen molar-refractivity contribution in [3.8, 4) is 0 Å². The van der Waals surface area contributed by atoms with E-state index >= 15 is 0 Å². The summed E-state index contributed by atoms with van der Waals surface area (Å²) >= 11 is 1.56. The van der Waals surface area contributed by atoms with Crippen molar-refractivity contribution < 1.29 is 0 Å². The highest BCUT2D eigenvalue weighted by atomic mass is 32.1. The molecular formula is C8H16N4S. The number of hydrogen-bond donors (Lipinski definition) is 2. The van der Waals surface area contributed by atoms with E-state index in [4.69, 9.17) is 5.73 Å². The average Bonchev–Trinajstić information content (AvgIpc) is 2.46. The molecule has 1 aromatic heterocycles. The van der Waals surface area contributed by atoms with Gasteiger partial charge < -0.3 is 11.1 Å². The maximum Gasteiger partial charge on any atom is 0.205 e. The van der Waals surface area contributed by atoms with Crippen molar-refractivity contribution in [2.45, 2.75) is 26.8 Å². The molecule has 0 bridgehead atoms. The van der Waals surface area contributed by atoms with Crippen LogP contribution in [0.15, 0.2) is 0 Å². The Bertz CT molecular complexity index is 258. The molecule has 0 saturated heterocycles. The zero-order valence-corrected chi connectivity index (χ0v) is 9.06. The van der Waals surface area contributed by atoms with Crippen molar-refractivity contribution in [3.05, 3.63) is 5.01 Å². The zero-order chi connectivity index (χ0) is 9.84. The van der Waals surface area contributed by atoms with Crippen LogP contribution in [0.3, 0.4) is 0 Å². The average molecular weight is 200 g/mol. The molecule has 0 radical (unpaired) electrons. The van der Waals surface area contributed by atoms with Crippen LogP contribution in [0.1, 0.15) is 18.9 Å². The molecular weight excluding hydrogens is 184 g/mol. The molecule has 5 heteroatoms. The lowest BCUT2D eigenvalue weighted by molar-refractivity contribution is 0.531. The molecule has 3 N–H and O–H groups in total. The molecule has 0 aromatic carbocycles. The molecule has 0 spiro atoms. The summed E-state index contributed by atoms with van der Waals surface area (Å²) in [6.07, 6.45) is 0. The summed E-state index contributed by atoms with van der Waals surface area (Å²) in [4.78, 5) is 0. The van der Waals surface area contributed by atoms with Gasteiger partial charge in [-0.2, -0.15) is 0 Å². The van der Waals surface area contributed by atoms with Crippen molar-refractivity contribution in [3.63, 3.8) is 0 Å². The largest absolute Gasteiger partial charge is 0.356 e. The lowest BCUT2D eigenvalue weighted by Crippen LogP contribution is -2.33. The van der Waals surface area contributed by atoms with Crippen LogP contribution in [0.2, 0.25) is 0 Å². The Morgan fingerprint density at radius 2 is 2.15 bits per heavy atom. The first kappa shape index (κ1) is 10.4. The molecule has 0 saturated carbocycles. The molecule has 1 heterocycles. The van der Waals surface area contributed by atoms with E-state index in [1.807, 2.05) is 6.92 Å². The molecule has 1 aromatic rings. The zero-order valence-electron chi connectivity index (χ0n) is 8.24. The van der Waals surface area contributed by atoms with E-state index in [1.165, 1.54) is 0 Å². The molecule has 0 fully saturated rings. The number of nitrogens with one attached hydrogen (secondary N) is 1. The first-order chi connectivity index (χ1) is 6.13. The quantitative estimate of drug-likeness (QED) is 0.767. The van der Waals surface area contributed by atoms with Gasteiger partial charge in [0.15, 0.2) is 0 Å². The van der Waals surface area contributed by atoms with E-state index in [2.05, 4.69) is 29.4 Å². The maximum absolute atomic E-state index is 5.62.